The number of likely N-dealkylation sites (N-methyl/N-ethyl adjacent to an activating group) is 1. The molecule has 1 unspecified atom stereocenters. The summed E-state index contributed by atoms with van der Waals surface area (Å²) in [5.74, 6) is 0.981. The molecule has 2 N–H and O–H groups in total. The minimum absolute atomic E-state index is 0. The summed E-state index contributed by atoms with van der Waals surface area (Å²) < 4.78 is 0. The molecule has 1 heterocycles. The van der Waals surface area contributed by atoms with Crippen LogP contribution in [0.2, 0.25) is 0 Å². The molecule has 0 aromatic heterocycles. The maximum Gasteiger partial charge on any atom is 0.234 e. The van der Waals surface area contributed by atoms with Crippen molar-refractivity contribution in [1.82, 2.24) is 15.5 Å². The number of halogens is 2. The average molecular weight is 298 g/mol. The Labute approximate surface area is 122 Å². The van der Waals surface area contributed by atoms with E-state index in [0.717, 1.165) is 19.0 Å². The van der Waals surface area contributed by atoms with Crippen LogP contribution in [-0.2, 0) is 4.79 Å². The van der Waals surface area contributed by atoms with Crippen molar-refractivity contribution in [3.8, 4) is 0 Å². The zero-order valence-electron chi connectivity index (χ0n) is 11.0. The molecule has 2 aliphatic rings. The van der Waals surface area contributed by atoms with Crippen LogP contribution >= 0.6 is 24.8 Å². The molecule has 1 aliphatic heterocycles. The highest BCUT2D eigenvalue weighted by molar-refractivity contribution is 5.85. The molecule has 2 rings (SSSR count). The highest BCUT2D eigenvalue weighted by Crippen LogP contribution is 2.27. The van der Waals surface area contributed by atoms with Gasteiger partial charge in [0.05, 0.1) is 6.54 Å². The van der Waals surface area contributed by atoms with Gasteiger partial charge < -0.3 is 15.5 Å². The minimum atomic E-state index is 0. The van der Waals surface area contributed by atoms with Gasteiger partial charge in [-0.2, -0.15) is 0 Å². The van der Waals surface area contributed by atoms with Crippen LogP contribution in [-0.4, -0.2) is 50.1 Å². The molecule has 1 amide bonds. The van der Waals surface area contributed by atoms with E-state index in [1.54, 1.807) is 0 Å². The molecule has 1 atom stereocenters. The summed E-state index contributed by atoms with van der Waals surface area (Å²) in [4.78, 5) is 13.8. The van der Waals surface area contributed by atoms with E-state index in [2.05, 4.69) is 22.6 Å². The topological polar surface area (TPSA) is 44.4 Å². The lowest BCUT2D eigenvalue weighted by Crippen LogP contribution is -2.41. The van der Waals surface area contributed by atoms with E-state index in [9.17, 15) is 4.79 Å². The zero-order chi connectivity index (χ0) is 11.4. The van der Waals surface area contributed by atoms with Gasteiger partial charge in [0.1, 0.15) is 0 Å². The van der Waals surface area contributed by atoms with Gasteiger partial charge in [0, 0.05) is 12.6 Å². The van der Waals surface area contributed by atoms with E-state index in [1.165, 1.54) is 32.2 Å². The van der Waals surface area contributed by atoms with Gasteiger partial charge in [-0.15, -0.1) is 24.8 Å². The molecule has 1 aliphatic carbocycles. The van der Waals surface area contributed by atoms with Crippen LogP contribution in [0.1, 0.15) is 25.7 Å². The second-order valence-corrected chi connectivity index (χ2v) is 5.16. The molecule has 0 aromatic rings. The molecule has 18 heavy (non-hydrogen) atoms. The number of likely N-dealkylation sites (tertiary alicyclic amines) is 1. The van der Waals surface area contributed by atoms with Crippen LogP contribution in [0.15, 0.2) is 0 Å². The number of nitrogens with zero attached hydrogens (tertiary/aromatic N) is 1. The summed E-state index contributed by atoms with van der Waals surface area (Å²) in [6.07, 6.45) is 5.15. The van der Waals surface area contributed by atoms with Crippen LogP contribution in [0.3, 0.4) is 0 Å². The standard InChI is InChI=1S/C12H23N3O.2ClH/c1-15-6-2-3-11(15)8-14-12(16)9-13-7-10-4-5-10;;/h10-11,13H,2-9H2,1H3,(H,14,16);2*1H. The predicted molar refractivity (Wildman–Crippen MR) is 78.8 cm³/mol. The number of carbonyl (C=O) groups is 1. The Bertz CT molecular complexity index is 249. The molecular formula is C12H25Cl2N3O. The van der Waals surface area contributed by atoms with Crippen LogP contribution < -0.4 is 10.6 Å². The van der Waals surface area contributed by atoms with E-state index in [0.29, 0.717) is 12.6 Å². The second-order valence-electron chi connectivity index (χ2n) is 5.16. The van der Waals surface area contributed by atoms with Crippen molar-refractivity contribution in [2.45, 2.75) is 31.7 Å². The number of rotatable bonds is 6. The Kier molecular flexibility index (Phi) is 8.95. The van der Waals surface area contributed by atoms with Crippen molar-refractivity contribution in [2.24, 2.45) is 5.92 Å². The number of carbonyl (C=O) groups excluding carboxylic acids is 1. The smallest absolute Gasteiger partial charge is 0.234 e. The number of amides is 1. The maximum absolute atomic E-state index is 11.5. The fourth-order valence-electron chi connectivity index (χ4n) is 2.24. The maximum atomic E-state index is 11.5. The third kappa shape index (κ3) is 6.23. The molecule has 2 fully saturated rings. The molecule has 1 saturated heterocycles. The zero-order valence-corrected chi connectivity index (χ0v) is 12.6. The van der Waals surface area contributed by atoms with Crippen LogP contribution in [0.4, 0.5) is 0 Å². The van der Waals surface area contributed by atoms with Crippen molar-refractivity contribution in [1.29, 1.82) is 0 Å². The quantitative estimate of drug-likeness (QED) is 0.770. The van der Waals surface area contributed by atoms with Gasteiger partial charge in [-0.1, -0.05) is 0 Å². The van der Waals surface area contributed by atoms with Gasteiger partial charge in [0.2, 0.25) is 5.91 Å². The van der Waals surface area contributed by atoms with Gasteiger partial charge in [-0.3, -0.25) is 4.79 Å². The molecule has 0 bridgehead atoms. The summed E-state index contributed by atoms with van der Waals surface area (Å²) in [6, 6.07) is 0.549. The lowest BCUT2D eigenvalue weighted by atomic mass is 10.2. The van der Waals surface area contributed by atoms with Crippen LogP contribution in [0.5, 0.6) is 0 Å². The highest BCUT2D eigenvalue weighted by atomic mass is 35.5. The largest absolute Gasteiger partial charge is 0.353 e. The first-order valence-electron chi connectivity index (χ1n) is 6.43. The van der Waals surface area contributed by atoms with Gasteiger partial charge in [-0.05, 0) is 51.7 Å². The number of nitrogens with one attached hydrogen (secondary N) is 2. The van der Waals surface area contributed by atoms with Crippen LogP contribution in [0.25, 0.3) is 0 Å². The molecule has 0 aromatic carbocycles. The third-order valence-electron chi connectivity index (χ3n) is 3.62. The Morgan fingerprint density at radius 3 is 2.50 bits per heavy atom. The third-order valence-corrected chi connectivity index (χ3v) is 3.62. The predicted octanol–water partition coefficient (Wildman–Crippen LogP) is 1.04. The summed E-state index contributed by atoms with van der Waals surface area (Å²) in [5, 5.41) is 6.21. The molecule has 0 radical (unpaired) electrons. The second kappa shape index (κ2) is 8.97. The average Bonchev–Trinajstić information content (AvgIpc) is 2.99. The van der Waals surface area contributed by atoms with Crippen LogP contribution in [0, 0.1) is 5.92 Å². The van der Waals surface area contributed by atoms with Gasteiger partial charge in [0.25, 0.3) is 0 Å². The minimum Gasteiger partial charge on any atom is -0.353 e. The lowest BCUT2D eigenvalue weighted by Gasteiger charge is -2.19. The first kappa shape index (κ1) is 18.0. The lowest BCUT2D eigenvalue weighted by molar-refractivity contribution is -0.120. The molecule has 4 nitrogen and oxygen atoms in total. The number of hydrogen-bond donors (Lipinski definition) is 2. The summed E-state index contributed by atoms with van der Waals surface area (Å²) >= 11 is 0. The molecule has 108 valence electrons. The van der Waals surface area contributed by atoms with Crippen molar-refractivity contribution in [3.05, 3.63) is 0 Å². The summed E-state index contributed by atoms with van der Waals surface area (Å²) in [6.45, 7) is 3.46. The molecule has 0 spiro atoms. The fraction of sp³-hybridized carbons (Fsp3) is 0.917. The van der Waals surface area contributed by atoms with Gasteiger partial charge >= 0.3 is 0 Å². The molecule has 6 heteroatoms. The normalized spacial score (nSPS) is 23.1. The monoisotopic (exact) mass is 297 g/mol. The van der Waals surface area contributed by atoms with Crippen molar-refractivity contribution < 1.29 is 4.79 Å². The Balaban J connectivity index is 0.00000144. The Hall–Kier alpha value is -0.0300. The van der Waals surface area contributed by atoms with Crippen molar-refractivity contribution in [3.63, 3.8) is 0 Å². The van der Waals surface area contributed by atoms with E-state index in [1.807, 2.05) is 0 Å². The summed E-state index contributed by atoms with van der Waals surface area (Å²) in [5.41, 5.74) is 0. The first-order chi connectivity index (χ1) is 7.75. The fourth-order valence-corrected chi connectivity index (χ4v) is 2.24. The number of hydrogen-bond acceptors (Lipinski definition) is 3. The van der Waals surface area contributed by atoms with E-state index in [4.69, 9.17) is 0 Å². The van der Waals surface area contributed by atoms with Crippen molar-refractivity contribution >= 4 is 30.7 Å². The van der Waals surface area contributed by atoms with E-state index in [-0.39, 0.29) is 30.7 Å². The Morgan fingerprint density at radius 1 is 1.22 bits per heavy atom. The Morgan fingerprint density at radius 2 is 1.94 bits per heavy atom. The summed E-state index contributed by atoms with van der Waals surface area (Å²) in [7, 11) is 2.13. The van der Waals surface area contributed by atoms with Gasteiger partial charge in [-0.25, -0.2) is 0 Å². The SMILES string of the molecule is CN1CCCC1CNC(=O)CNCC1CC1.Cl.Cl. The van der Waals surface area contributed by atoms with Crippen molar-refractivity contribution in [2.75, 3.05) is 33.2 Å². The van der Waals surface area contributed by atoms with E-state index < -0.39 is 0 Å². The molecular weight excluding hydrogens is 273 g/mol. The van der Waals surface area contributed by atoms with Gasteiger partial charge in [0.15, 0.2) is 0 Å². The molecule has 1 saturated carbocycles. The highest BCUT2D eigenvalue weighted by Gasteiger charge is 2.22. The first-order valence-corrected chi connectivity index (χ1v) is 6.43. The van der Waals surface area contributed by atoms with E-state index >= 15 is 0 Å².